The highest BCUT2D eigenvalue weighted by molar-refractivity contribution is 7.19. The quantitative estimate of drug-likeness (QED) is 0.516. The number of anilines is 1. The van der Waals surface area contributed by atoms with Crippen LogP contribution in [0.1, 0.15) is 22.4 Å². The molecule has 1 N–H and O–H groups in total. The van der Waals surface area contributed by atoms with Gasteiger partial charge < -0.3 is 14.2 Å². The molecular weight excluding hydrogens is 364 g/mol. The number of hydrazone groups is 1. The van der Waals surface area contributed by atoms with E-state index in [0.717, 1.165) is 34.4 Å². The van der Waals surface area contributed by atoms with Crippen molar-refractivity contribution in [2.45, 2.75) is 19.3 Å². The van der Waals surface area contributed by atoms with Crippen LogP contribution in [0.4, 0.5) is 5.82 Å². The van der Waals surface area contributed by atoms with Crippen LogP contribution in [0.3, 0.4) is 0 Å². The average Bonchev–Trinajstić information content (AvgIpc) is 3.28. The minimum absolute atomic E-state index is 0.552. The molecule has 2 aromatic heterocycles. The number of aryl methyl sites for hydroxylation is 2. The van der Waals surface area contributed by atoms with E-state index < -0.39 is 0 Å². The van der Waals surface area contributed by atoms with Gasteiger partial charge in [0.05, 0.1) is 32.9 Å². The Morgan fingerprint density at radius 3 is 2.56 bits per heavy atom. The van der Waals surface area contributed by atoms with E-state index in [1.165, 1.54) is 16.9 Å². The van der Waals surface area contributed by atoms with Crippen molar-refractivity contribution in [1.29, 1.82) is 0 Å². The molecule has 0 fully saturated rings. The zero-order valence-electron chi connectivity index (χ0n) is 15.4. The van der Waals surface area contributed by atoms with E-state index in [1.807, 2.05) is 12.1 Å². The molecule has 0 radical (unpaired) electrons. The number of hydrogen-bond acceptors (Lipinski definition) is 8. The van der Waals surface area contributed by atoms with Crippen LogP contribution in [0.15, 0.2) is 23.6 Å². The van der Waals surface area contributed by atoms with Crippen LogP contribution in [0.5, 0.6) is 17.2 Å². The summed E-state index contributed by atoms with van der Waals surface area (Å²) in [6.07, 6.45) is 6.68. The largest absolute Gasteiger partial charge is 0.493 e. The summed E-state index contributed by atoms with van der Waals surface area (Å²) in [5.41, 5.74) is 5.25. The Morgan fingerprint density at radius 2 is 1.85 bits per heavy atom. The Morgan fingerprint density at radius 1 is 1.07 bits per heavy atom. The second kappa shape index (κ2) is 7.40. The zero-order valence-corrected chi connectivity index (χ0v) is 16.2. The fourth-order valence-corrected chi connectivity index (χ4v) is 4.59. The fourth-order valence-electron chi connectivity index (χ4n) is 3.36. The first-order valence-corrected chi connectivity index (χ1v) is 9.41. The highest BCUT2D eigenvalue weighted by Gasteiger charge is 2.21. The molecule has 0 atom stereocenters. The topological polar surface area (TPSA) is 77.9 Å². The monoisotopic (exact) mass is 384 g/mol. The highest BCUT2D eigenvalue weighted by atomic mass is 32.1. The molecule has 0 amide bonds. The van der Waals surface area contributed by atoms with Gasteiger partial charge in [-0.15, -0.1) is 11.3 Å². The summed E-state index contributed by atoms with van der Waals surface area (Å²) in [6.45, 7) is 0. The Kier molecular flexibility index (Phi) is 4.81. The molecule has 0 bridgehead atoms. The first kappa shape index (κ1) is 17.5. The average molecular weight is 384 g/mol. The summed E-state index contributed by atoms with van der Waals surface area (Å²) in [5, 5.41) is 5.46. The molecule has 1 aliphatic rings. The predicted octanol–water partition coefficient (Wildman–Crippen LogP) is 3.65. The maximum Gasteiger partial charge on any atom is 0.203 e. The molecule has 0 spiro atoms. The number of methoxy groups -OCH3 is 3. The van der Waals surface area contributed by atoms with Gasteiger partial charge in [-0.1, -0.05) is 0 Å². The normalized spacial score (nSPS) is 13.1. The number of ether oxygens (including phenoxy) is 3. The molecule has 140 valence electrons. The van der Waals surface area contributed by atoms with Crippen molar-refractivity contribution >= 4 is 33.6 Å². The van der Waals surface area contributed by atoms with E-state index in [1.54, 1.807) is 45.2 Å². The summed E-state index contributed by atoms with van der Waals surface area (Å²) >= 11 is 1.75. The minimum atomic E-state index is 0.552. The van der Waals surface area contributed by atoms with Crippen molar-refractivity contribution in [3.8, 4) is 17.2 Å². The number of nitrogens with zero attached hydrogens (tertiary/aromatic N) is 3. The highest BCUT2D eigenvalue weighted by Crippen LogP contribution is 2.39. The SMILES string of the molecule is COc1cc(C=NNc2ncnc3sc4c(c23)CCC4)cc(OC)c1OC. The Hall–Kier alpha value is -2.87. The molecule has 2 heterocycles. The Balaban J connectivity index is 1.63. The first-order chi connectivity index (χ1) is 13.2. The lowest BCUT2D eigenvalue weighted by atomic mass is 10.2. The van der Waals surface area contributed by atoms with E-state index in [2.05, 4.69) is 20.5 Å². The molecule has 4 rings (SSSR count). The number of rotatable bonds is 6. The molecule has 0 aliphatic heterocycles. The molecule has 3 aromatic rings. The van der Waals surface area contributed by atoms with Gasteiger partial charge in [0, 0.05) is 10.4 Å². The molecule has 7 nitrogen and oxygen atoms in total. The molecule has 0 saturated heterocycles. The lowest BCUT2D eigenvalue weighted by Crippen LogP contribution is -1.98. The van der Waals surface area contributed by atoms with Crippen LogP contribution >= 0.6 is 11.3 Å². The number of aromatic nitrogens is 2. The Labute approximate surface area is 161 Å². The maximum atomic E-state index is 5.38. The molecule has 0 unspecified atom stereocenters. The Bertz CT molecular complexity index is 991. The van der Waals surface area contributed by atoms with E-state index in [9.17, 15) is 0 Å². The number of hydrogen-bond donors (Lipinski definition) is 1. The van der Waals surface area contributed by atoms with Crippen molar-refractivity contribution in [2.24, 2.45) is 5.10 Å². The van der Waals surface area contributed by atoms with Gasteiger partial charge in [-0.2, -0.15) is 5.10 Å². The van der Waals surface area contributed by atoms with Crippen LogP contribution in [0.25, 0.3) is 10.2 Å². The zero-order chi connectivity index (χ0) is 18.8. The summed E-state index contributed by atoms with van der Waals surface area (Å²) in [4.78, 5) is 11.2. The third kappa shape index (κ3) is 3.16. The van der Waals surface area contributed by atoms with Crippen LogP contribution in [0.2, 0.25) is 0 Å². The second-order valence-electron chi connectivity index (χ2n) is 6.09. The van der Waals surface area contributed by atoms with E-state index in [-0.39, 0.29) is 0 Å². The van der Waals surface area contributed by atoms with Gasteiger partial charge >= 0.3 is 0 Å². The molecule has 1 aromatic carbocycles. The van der Waals surface area contributed by atoms with Crippen molar-refractivity contribution in [3.05, 3.63) is 34.5 Å². The van der Waals surface area contributed by atoms with E-state index in [4.69, 9.17) is 14.2 Å². The summed E-state index contributed by atoms with van der Waals surface area (Å²) in [7, 11) is 4.76. The predicted molar refractivity (Wildman–Crippen MR) is 107 cm³/mol. The fraction of sp³-hybridized carbons (Fsp3) is 0.316. The molecular formula is C19H20N4O3S. The third-order valence-electron chi connectivity index (χ3n) is 4.57. The summed E-state index contributed by atoms with van der Waals surface area (Å²) < 4.78 is 16.1. The number of thiophene rings is 1. The molecule has 27 heavy (non-hydrogen) atoms. The van der Waals surface area contributed by atoms with Gasteiger partial charge in [0.25, 0.3) is 0 Å². The standard InChI is InChI=1S/C19H20N4O3S/c1-24-13-7-11(8-14(25-2)17(13)26-3)9-22-23-18-16-12-5-4-6-15(12)27-19(16)21-10-20-18/h7-10H,4-6H2,1-3H3,(H,20,21,23). The minimum Gasteiger partial charge on any atom is -0.493 e. The van der Waals surface area contributed by atoms with Crippen molar-refractivity contribution in [2.75, 3.05) is 26.8 Å². The molecule has 1 aliphatic carbocycles. The molecule has 8 heteroatoms. The van der Waals surface area contributed by atoms with Gasteiger partial charge in [-0.25, -0.2) is 9.97 Å². The van der Waals surface area contributed by atoms with Gasteiger partial charge in [0.15, 0.2) is 17.3 Å². The van der Waals surface area contributed by atoms with Gasteiger partial charge in [-0.3, -0.25) is 5.43 Å². The number of fused-ring (bicyclic) bond motifs is 3. The number of benzene rings is 1. The van der Waals surface area contributed by atoms with Crippen molar-refractivity contribution < 1.29 is 14.2 Å². The van der Waals surface area contributed by atoms with Crippen molar-refractivity contribution in [3.63, 3.8) is 0 Å². The molecule has 0 saturated carbocycles. The maximum absolute atomic E-state index is 5.38. The van der Waals surface area contributed by atoms with Gasteiger partial charge in [-0.05, 0) is 37.0 Å². The lowest BCUT2D eigenvalue weighted by molar-refractivity contribution is 0.324. The summed E-state index contributed by atoms with van der Waals surface area (Å²) in [6, 6.07) is 3.68. The van der Waals surface area contributed by atoms with Crippen LogP contribution in [0, 0.1) is 0 Å². The first-order valence-electron chi connectivity index (χ1n) is 8.59. The van der Waals surface area contributed by atoms with Crippen LogP contribution < -0.4 is 19.6 Å². The van der Waals surface area contributed by atoms with E-state index in [0.29, 0.717) is 17.2 Å². The third-order valence-corrected chi connectivity index (χ3v) is 5.77. The van der Waals surface area contributed by atoms with Crippen LogP contribution in [-0.4, -0.2) is 37.5 Å². The van der Waals surface area contributed by atoms with Crippen LogP contribution in [-0.2, 0) is 12.8 Å². The second-order valence-corrected chi connectivity index (χ2v) is 7.17. The van der Waals surface area contributed by atoms with Gasteiger partial charge in [0.1, 0.15) is 11.2 Å². The lowest BCUT2D eigenvalue weighted by Gasteiger charge is -2.12. The number of nitrogens with one attached hydrogen (secondary N) is 1. The summed E-state index contributed by atoms with van der Waals surface area (Å²) in [5.74, 6) is 2.45. The van der Waals surface area contributed by atoms with E-state index >= 15 is 0 Å². The smallest absolute Gasteiger partial charge is 0.203 e. The van der Waals surface area contributed by atoms with Crippen molar-refractivity contribution in [1.82, 2.24) is 9.97 Å². The van der Waals surface area contributed by atoms with Gasteiger partial charge in [0.2, 0.25) is 5.75 Å².